The SMILES string of the molecule is CCOc1ccc(-c2csc(NC(=O)CSCC(=O)N3CCCCC3C)n2)cc1. The number of aromatic nitrogens is 1. The summed E-state index contributed by atoms with van der Waals surface area (Å²) in [6.45, 7) is 5.51. The lowest BCUT2D eigenvalue weighted by molar-refractivity contribution is -0.131. The van der Waals surface area contributed by atoms with E-state index in [-0.39, 0.29) is 17.6 Å². The van der Waals surface area contributed by atoms with E-state index >= 15 is 0 Å². The third-order valence-electron chi connectivity index (χ3n) is 4.79. The fourth-order valence-electron chi connectivity index (χ4n) is 3.29. The van der Waals surface area contributed by atoms with Crippen LogP contribution in [0.3, 0.4) is 0 Å². The van der Waals surface area contributed by atoms with Crippen LogP contribution < -0.4 is 10.1 Å². The summed E-state index contributed by atoms with van der Waals surface area (Å²) in [4.78, 5) is 30.9. The fourth-order valence-corrected chi connectivity index (χ4v) is 4.73. The van der Waals surface area contributed by atoms with Gasteiger partial charge in [-0.2, -0.15) is 0 Å². The summed E-state index contributed by atoms with van der Waals surface area (Å²) in [5, 5.41) is 5.31. The van der Waals surface area contributed by atoms with Gasteiger partial charge in [0, 0.05) is 23.5 Å². The molecule has 1 saturated heterocycles. The molecular weight excluding hydrogens is 406 g/mol. The predicted molar refractivity (Wildman–Crippen MR) is 120 cm³/mol. The Morgan fingerprint density at radius 2 is 2.07 bits per heavy atom. The molecule has 0 bridgehead atoms. The van der Waals surface area contributed by atoms with Gasteiger partial charge in [0.1, 0.15) is 5.75 Å². The summed E-state index contributed by atoms with van der Waals surface area (Å²) < 4.78 is 5.45. The van der Waals surface area contributed by atoms with E-state index in [1.807, 2.05) is 41.5 Å². The van der Waals surface area contributed by atoms with Gasteiger partial charge in [-0.3, -0.25) is 9.59 Å². The van der Waals surface area contributed by atoms with Crippen LogP contribution in [0.5, 0.6) is 5.75 Å². The Hall–Kier alpha value is -2.06. The molecule has 29 heavy (non-hydrogen) atoms. The minimum absolute atomic E-state index is 0.127. The smallest absolute Gasteiger partial charge is 0.236 e. The Balaban J connectivity index is 1.44. The first-order valence-corrected chi connectivity index (χ1v) is 12.0. The number of piperidine rings is 1. The minimum atomic E-state index is -0.137. The summed E-state index contributed by atoms with van der Waals surface area (Å²) in [5.41, 5.74) is 1.79. The zero-order chi connectivity index (χ0) is 20.6. The van der Waals surface area contributed by atoms with Crippen LogP contribution in [0.1, 0.15) is 33.1 Å². The number of rotatable bonds is 8. The molecule has 0 saturated carbocycles. The Labute approximate surface area is 180 Å². The van der Waals surface area contributed by atoms with Gasteiger partial charge in [0.2, 0.25) is 11.8 Å². The maximum Gasteiger partial charge on any atom is 0.236 e. The van der Waals surface area contributed by atoms with Gasteiger partial charge in [-0.1, -0.05) is 0 Å². The molecule has 1 aliphatic heterocycles. The van der Waals surface area contributed by atoms with Gasteiger partial charge in [-0.25, -0.2) is 4.98 Å². The van der Waals surface area contributed by atoms with E-state index in [0.717, 1.165) is 36.4 Å². The molecule has 1 aromatic carbocycles. The molecule has 2 heterocycles. The van der Waals surface area contributed by atoms with E-state index < -0.39 is 0 Å². The monoisotopic (exact) mass is 433 g/mol. The maximum atomic E-state index is 12.3. The number of thioether (sulfide) groups is 1. The van der Waals surface area contributed by atoms with Crippen molar-refractivity contribution in [1.82, 2.24) is 9.88 Å². The van der Waals surface area contributed by atoms with Crippen LogP contribution >= 0.6 is 23.1 Å². The molecule has 1 fully saturated rings. The number of thiazole rings is 1. The molecule has 1 aliphatic rings. The van der Waals surface area contributed by atoms with Crippen LogP contribution in [0.25, 0.3) is 11.3 Å². The third kappa shape index (κ3) is 6.21. The number of carbonyl (C=O) groups is 2. The van der Waals surface area contributed by atoms with Crippen LogP contribution in [0.4, 0.5) is 5.13 Å². The van der Waals surface area contributed by atoms with Crippen LogP contribution in [-0.4, -0.2) is 52.4 Å². The summed E-state index contributed by atoms with van der Waals surface area (Å²) in [5.74, 6) is 1.40. The van der Waals surface area contributed by atoms with E-state index in [0.29, 0.717) is 23.5 Å². The molecule has 0 aliphatic carbocycles. The quantitative estimate of drug-likeness (QED) is 0.673. The summed E-state index contributed by atoms with van der Waals surface area (Å²) in [6, 6.07) is 8.03. The first-order chi connectivity index (χ1) is 14.1. The Morgan fingerprint density at radius 3 is 2.79 bits per heavy atom. The van der Waals surface area contributed by atoms with Crippen molar-refractivity contribution in [3.05, 3.63) is 29.6 Å². The zero-order valence-corrected chi connectivity index (χ0v) is 18.5. The molecule has 1 aromatic heterocycles. The van der Waals surface area contributed by atoms with E-state index in [1.54, 1.807) is 0 Å². The van der Waals surface area contributed by atoms with E-state index in [2.05, 4.69) is 17.2 Å². The number of amides is 2. The molecule has 0 spiro atoms. The van der Waals surface area contributed by atoms with Crippen molar-refractivity contribution in [1.29, 1.82) is 0 Å². The highest BCUT2D eigenvalue weighted by atomic mass is 32.2. The van der Waals surface area contributed by atoms with Crippen molar-refractivity contribution < 1.29 is 14.3 Å². The second-order valence-electron chi connectivity index (χ2n) is 6.97. The molecule has 8 heteroatoms. The molecule has 6 nitrogen and oxygen atoms in total. The molecule has 156 valence electrons. The molecule has 3 rings (SSSR count). The molecule has 1 N–H and O–H groups in total. The van der Waals surface area contributed by atoms with Crippen LogP contribution in [0.2, 0.25) is 0 Å². The highest BCUT2D eigenvalue weighted by Gasteiger charge is 2.23. The lowest BCUT2D eigenvalue weighted by Crippen LogP contribution is -2.43. The predicted octanol–water partition coefficient (Wildman–Crippen LogP) is 4.28. The summed E-state index contributed by atoms with van der Waals surface area (Å²) >= 11 is 2.74. The normalized spacial score (nSPS) is 16.5. The highest BCUT2D eigenvalue weighted by Crippen LogP contribution is 2.26. The van der Waals surface area contributed by atoms with Crippen molar-refractivity contribution in [2.45, 2.75) is 39.2 Å². The molecule has 2 amide bonds. The highest BCUT2D eigenvalue weighted by molar-refractivity contribution is 8.00. The molecule has 2 aromatic rings. The van der Waals surface area contributed by atoms with E-state index in [9.17, 15) is 9.59 Å². The number of nitrogens with zero attached hydrogens (tertiary/aromatic N) is 2. The van der Waals surface area contributed by atoms with Gasteiger partial charge < -0.3 is 15.0 Å². The summed E-state index contributed by atoms with van der Waals surface area (Å²) in [7, 11) is 0. The Kier molecular flexibility index (Phi) is 7.94. The van der Waals surface area contributed by atoms with Gasteiger partial charge in [-0.05, 0) is 57.4 Å². The number of ether oxygens (including phenoxy) is 1. The van der Waals surface area contributed by atoms with E-state index in [1.165, 1.54) is 29.5 Å². The second-order valence-corrected chi connectivity index (χ2v) is 8.81. The number of hydrogen-bond acceptors (Lipinski definition) is 6. The number of benzene rings is 1. The third-order valence-corrected chi connectivity index (χ3v) is 6.47. The fraction of sp³-hybridized carbons (Fsp3) is 0.476. The van der Waals surface area contributed by atoms with Gasteiger partial charge in [0.25, 0.3) is 0 Å². The molecular formula is C21H27N3O3S2. The number of anilines is 1. The lowest BCUT2D eigenvalue weighted by atomic mass is 10.0. The van der Waals surface area contributed by atoms with Crippen molar-refractivity contribution in [3.63, 3.8) is 0 Å². The zero-order valence-electron chi connectivity index (χ0n) is 16.8. The topological polar surface area (TPSA) is 71.5 Å². The Bertz CT molecular complexity index is 823. The second kappa shape index (κ2) is 10.6. The summed E-state index contributed by atoms with van der Waals surface area (Å²) in [6.07, 6.45) is 3.33. The molecule has 1 atom stereocenters. The molecule has 1 unspecified atom stereocenters. The van der Waals surface area contributed by atoms with Crippen LogP contribution in [-0.2, 0) is 9.59 Å². The first kappa shape index (κ1) is 21.6. The largest absolute Gasteiger partial charge is 0.494 e. The van der Waals surface area contributed by atoms with Crippen molar-refractivity contribution >= 4 is 40.0 Å². The maximum absolute atomic E-state index is 12.3. The Morgan fingerprint density at radius 1 is 1.28 bits per heavy atom. The van der Waals surface area contributed by atoms with Crippen LogP contribution in [0, 0.1) is 0 Å². The van der Waals surface area contributed by atoms with Gasteiger partial charge in [0.15, 0.2) is 5.13 Å². The van der Waals surface area contributed by atoms with E-state index in [4.69, 9.17) is 4.74 Å². The van der Waals surface area contributed by atoms with Gasteiger partial charge >= 0.3 is 0 Å². The lowest BCUT2D eigenvalue weighted by Gasteiger charge is -2.33. The van der Waals surface area contributed by atoms with Gasteiger partial charge in [0.05, 0.1) is 23.8 Å². The average molecular weight is 434 g/mol. The van der Waals surface area contributed by atoms with Crippen molar-refractivity contribution in [2.24, 2.45) is 0 Å². The first-order valence-electron chi connectivity index (χ1n) is 9.92. The average Bonchev–Trinajstić information content (AvgIpc) is 3.17. The minimum Gasteiger partial charge on any atom is -0.494 e. The number of carbonyl (C=O) groups excluding carboxylic acids is 2. The molecule has 0 radical (unpaired) electrons. The number of nitrogens with one attached hydrogen (secondary N) is 1. The number of likely N-dealkylation sites (tertiary alicyclic amines) is 1. The van der Waals surface area contributed by atoms with Crippen molar-refractivity contribution in [3.8, 4) is 17.0 Å². The van der Waals surface area contributed by atoms with Crippen molar-refractivity contribution in [2.75, 3.05) is 30.0 Å². The van der Waals surface area contributed by atoms with Crippen LogP contribution in [0.15, 0.2) is 29.6 Å². The standard InChI is InChI=1S/C21H27N3O3S2/c1-3-27-17-9-7-16(8-10-17)18-12-29-21(22-18)23-19(25)13-28-14-20(26)24-11-5-4-6-15(24)2/h7-10,12,15H,3-6,11,13-14H2,1-2H3,(H,22,23,25). The van der Waals surface area contributed by atoms with Gasteiger partial charge in [-0.15, -0.1) is 23.1 Å². The number of hydrogen-bond donors (Lipinski definition) is 1.